The van der Waals surface area contributed by atoms with Crippen LogP contribution in [0.3, 0.4) is 0 Å². The van der Waals surface area contributed by atoms with Gasteiger partial charge in [0.15, 0.2) is 0 Å². The van der Waals surface area contributed by atoms with Gasteiger partial charge in [-0.1, -0.05) is 48.0 Å². The molecule has 3 aromatic rings. The number of para-hydroxylation sites is 1. The topological polar surface area (TPSA) is 62.1 Å². The Balaban J connectivity index is 1.76. The Morgan fingerprint density at radius 3 is 2.45 bits per heavy atom. The number of benzene rings is 3. The van der Waals surface area contributed by atoms with Gasteiger partial charge in [-0.2, -0.15) is 5.26 Å². The Hall–Kier alpha value is -3.91. The minimum Gasteiger partial charge on any atom is -0.488 e. The van der Waals surface area contributed by atoms with E-state index in [1.54, 1.807) is 48.5 Å². The van der Waals surface area contributed by atoms with Crippen LogP contribution in [0.1, 0.15) is 16.7 Å². The number of aryl methyl sites for hydroxylation is 1. The molecule has 0 saturated heterocycles. The molecule has 0 saturated carbocycles. The van der Waals surface area contributed by atoms with Crippen molar-refractivity contribution in [3.63, 3.8) is 0 Å². The van der Waals surface area contributed by atoms with E-state index in [-0.39, 0.29) is 18.0 Å². The summed E-state index contributed by atoms with van der Waals surface area (Å²) in [5.74, 6) is -0.285. The number of carbonyl (C=O) groups is 1. The predicted octanol–water partition coefficient (Wildman–Crippen LogP) is 5.26. The molecule has 0 atom stereocenters. The van der Waals surface area contributed by atoms with Gasteiger partial charge in [0.05, 0.1) is 0 Å². The summed E-state index contributed by atoms with van der Waals surface area (Å²) in [4.78, 5) is 12.5. The van der Waals surface area contributed by atoms with Gasteiger partial charge < -0.3 is 10.1 Å². The van der Waals surface area contributed by atoms with Gasteiger partial charge in [0.1, 0.15) is 29.8 Å². The summed E-state index contributed by atoms with van der Waals surface area (Å²) in [5.41, 5.74) is 3.06. The van der Waals surface area contributed by atoms with Crippen LogP contribution in [0, 0.1) is 24.1 Å². The van der Waals surface area contributed by atoms with E-state index >= 15 is 0 Å². The van der Waals surface area contributed by atoms with Gasteiger partial charge in [-0.3, -0.25) is 4.79 Å². The summed E-state index contributed by atoms with van der Waals surface area (Å²) in [7, 11) is 0. The maximum atomic E-state index is 13.0. The molecule has 0 heterocycles. The first kappa shape index (κ1) is 19.8. The fourth-order valence-electron chi connectivity index (χ4n) is 2.61. The molecule has 0 aliphatic rings. The molecule has 0 unspecified atom stereocenters. The number of nitrogens with one attached hydrogen (secondary N) is 1. The first-order valence-electron chi connectivity index (χ1n) is 9.01. The molecule has 1 N–H and O–H groups in total. The molecule has 0 spiro atoms. The molecule has 29 heavy (non-hydrogen) atoms. The largest absolute Gasteiger partial charge is 0.488 e. The Morgan fingerprint density at radius 2 is 1.76 bits per heavy atom. The van der Waals surface area contributed by atoms with E-state index in [0.717, 1.165) is 11.1 Å². The first-order valence-corrected chi connectivity index (χ1v) is 9.01. The van der Waals surface area contributed by atoms with Crippen LogP contribution in [0.2, 0.25) is 0 Å². The number of carbonyl (C=O) groups excluding carboxylic acids is 1. The van der Waals surface area contributed by atoms with E-state index in [0.29, 0.717) is 17.0 Å². The van der Waals surface area contributed by atoms with Crippen molar-refractivity contribution in [3.8, 4) is 11.8 Å². The van der Waals surface area contributed by atoms with Crippen LogP contribution < -0.4 is 10.1 Å². The highest BCUT2D eigenvalue weighted by Gasteiger charge is 2.11. The third-order valence-electron chi connectivity index (χ3n) is 4.20. The van der Waals surface area contributed by atoms with Crippen molar-refractivity contribution in [1.82, 2.24) is 0 Å². The molecule has 1 amide bonds. The van der Waals surface area contributed by atoms with Crippen LogP contribution in [-0.2, 0) is 11.4 Å². The lowest BCUT2D eigenvalue weighted by Gasteiger charge is -2.10. The Labute approximate surface area is 168 Å². The minimum absolute atomic E-state index is 0.0385. The van der Waals surface area contributed by atoms with Crippen molar-refractivity contribution >= 4 is 17.7 Å². The minimum atomic E-state index is -0.496. The summed E-state index contributed by atoms with van der Waals surface area (Å²) in [6.07, 6.45) is 1.49. The molecule has 144 valence electrons. The van der Waals surface area contributed by atoms with E-state index in [1.165, 1.54) is 18.2 Å². The fourth-order valence-corrected chi connectivity index (χ4v) is 2.61. The second-order valence-electron chi connectivity index (χ2n) is 6.44. The third-order valence-corrected chi connectivity index (χ3v) is 4.20. The van der Waals surface area contributed by atoms with Gasteiger partial charge in [0, 0.05) is 11.3 Å². The number of halogens is 1. The normalized spacial score (nSPS) is 10.9. The lowest BCUT2D eigenvalue weighted by Crippen LogP contribution is -2.13. The number of hydrogen-bond donors (Lipinski definition) is 1. The van der Waals surface area contributed by atoms with E-state index in [4.69, 9.17) is 4.74 Å². The van der Waals surface area contributed by atoms with Crippen molar-refractivity contribution < 1.29 is 13.9 Å². The van der Waals surface area contributed by atoms with Crippen molar-refractivity contribution in [2.75, 3.05) is 5.32 Å². The number of anilines is 1. The maximum absolute atomic E-state index is 13.0. The third kappa shape index (κ3) is 5.53. The molecule has 0 fully saturated rings. The molecular weight excluding hydrogens is 367 g/mol. The zero-order valence-corrected chi connectivity index (χ0v) is 15.9. The fraction of sp³-hybridized carbons (Fsp3) is 0.0833. The summed E-state index contributed by atoms with van der Waals surface area (Å²) in [6, 6.07) is 22.4. The van der Waals surface area contributed by atoms with Gasteiger partial charge in [0.2, 0.25) is 0 Å². The summed E-state index contributed by atoms with van der Waals surface area (Å²) >= 11 is 0. The highest BCUT2D eigenvalue weighted by Crippen LogP contribution is 2.23. The molecule has 0 aliphatic heterocycles. The van der Waals surface area contributed by atoms with Crippen molar-refractivity contribution in [1.29, 1.82) is 5.26 Å². The number of rotatable bonds is 6. The smallest absolute Gasteiger partial charge is 0.266 e. The Morgan fingerprint density at radius 1 is 1.07 bits per heavy atom. The standard InChI is InChI=1S/C24H19FN2O2/c1-17-6-12-22(13-7-17)27-24(28)20(15-26)14-19-4-2-3-5-23(19)29-16-18-8-10-21(25)11-9-18/h2-14H,16H2,1H3,(H,27,28)/b20-14+. The number of ether oxygens (including phenoxy) is 1. The van der Waals surface area contributed by atoms with Gasteiger partial charge in [-0.25, -0.2) is 4.39 Å². The zero-order chi connectivity index (χ0) is 20.6. The van der Waals surface area contributed by atoms with Crippen LogP contribution in [0.5, 0.6) is 5.75 Å². The SMILES string of the molecule is Cc1ccc(NC(=O)/C(C#N)=C/c2ccccc2OCc2ccc(F)cc2)cc1. The van der Waals surface area contributed by atoms with Gasteiger partial charge >= 0.3 is 0 Å². The van der Waals surface area contributed by atoms with E-state index < -0.39 is 5.91 Å². The molecule has 4 nitrogen and oxygen atoms in total. The number of amides is 1. The second kappa shape index (κ2) is 9.34. The van der Waals surface area contributed by atoms with E-state index in [2.05, 4.69) is 5.32 Å². The molecule has 0 aliphatic carbocycles. The van der Waals surface area contributed by atoms with Crippen molar-refractivity contribution in [2.45, 2.75) is 13.5 Å². The number of nitrogens with zero attached hydrogens (tertiary/aromatic N) is 1. The lowest BCUT2D eigenvalue weighted by atomic mass is 10.1. The quantitative estimate of drug-likeness (QED) is 0.464. The number of nitriles is 1. The first-order chi connectivity index (χ1) is 14.0. The van der Waals surface area contributed by atoms with Crippen molar-refractivity contribution in [2.24, 2.45) is 0 Å². The average Bonchev–Trinajstić information content (AvgIpc) is 2.74. The second-order valence-corrected chi connectivity index (χ2v) is 6.44. The summed E-state index contributed by atoms with van der Waals surface area (Å²) in [5, 5.41) is 12.2. The average molecular weight is 386 g/mol. The Kier molecular flexibility index (Phi) is 6.39. The van der Waals surface area contributed by atoms with Crippen LogP contribution in [-0.4, -0.2) is 5.91 Å². The molecule has 5 heteroatoms. The highest BCUT2D eigenvalue weighted by molar-refractivity contribution is 6.09. The number of hydrogen-bond acceptors (Lipinski definition) is 3. The Bertz CT molecular complexity index is 1070. The summed E-state index contributed by atoms with van der Waals surface area (Å²) in [6.45, 7) is 2.19. The van der Waals surface area contributed by atoms with Crippen LogP contribution in [0.4, 0.5) is 10.1 Å². The molecule has 0 aromatic heterocycles. The van der Waals surface area contributed by atoms with Gasteiger partial charge in [0.25, 0.3) is 5.91 Å². The monoisotopic (exact) mass is 386 g/mol. The molecule has 3 aromatic carbocycles. The predicted molar refractivity (Wildman–Crippen MR) is 111 cm³/mol. The molecular formula is C24H19FN2O2. The van der Waals surface area contributed by atoms with Crippen LogP contribution in [0.15, 0.2) is 78.4 Å². The van der Waals surface area contributed by atoms with E-state index in [1.807, 2.05) is 25.1 Å². The maximum Gasteiger partial charge on any atom is 0.266 e. The molecule has 0 bridgehead atoms. The van der Waals surface area contributed by atoms with Gasteiger partial charge in [-0.15, -0.1) is 0 Å². The molecule has 0 radical (unpaired) electrons. The molecule has 3 rings (SSSR count). The highest BCUT2D eigenvalue weighted by atomic mass is 19.1. The van der Waals surface area contributed by atoms with Gasteiger partial charge in [-0.05, 0) is 48.9 Å². The van der Waals surface area contributed by atoms with E-state index in [9.17, 15) is 14.4 Å². The zero-order valence-electron chi connectivity index (χ0n) is 15.9. The van der Waals surface area contributed by atoms with Crippen LogP contribution in [0.25, 0.3) is 6.08 Å². The summed E-state index contributed by atoms with van der Waals surface area (Å²) < 4.78 is 18.8. The van der Waals surface area contributed by atoms with Crippen LogP contribution >= 0.6 is 0 Å². The van der Waals surface area contributed by atoms with Crippen molar-refractivity contribution in [3.05, 3.63) is 101 Å². The lowest BCUT2D eigenvalue weighted by molar-refractivity contribution is -0.112.